The summed E-state index contributed by atoms with van der Waals surface area (Å²) in [6.45, 7) is 5.66. The van der Waals surface area contributed by atoms with Gasteiger partial charge >= 0.3 is 0 Å². The topological polar surface area (TPSA) is 73.8 Å². The lowest BCUT2D eigenvalue weighted by Gasteiger charge is -2.36. The highest BCUT2D eigenvalue weighted by atomic mass is 32.2. The lowest BCUT2D eigenvalue weighted by Crippen LogP contribution is -2.49. The highest BCUT2D eigenvalue weighted by molar-refractivity contribution is 7.91. The number of hydrogen-bond donors (Lipinski definition) is 0. The average molecular weight is 381 g/mol. The number of amides is 1. The number of aryl methyl sites for hydroxylation is 1. The Hall–Kier alpha value is -1.67. The zero-order valence-corrected chi connectivity index (χ0v) is 16.4. The van der Waals surface area contributed by atoms with Gasteiger partial charge in [-0.25, -0.2) is 13.4 Å². The predicted molar refractivity (Wildman–Crippen MR) is 102 cm³/mol. The summed E-state index contributed by atoms with van der Waals surface area (Å²) in [5.74, 6) is 1.64. The van der Waals surface area contributed by atoms with Crippen LogP contribution in [0, 0.1) is 6.92 Å². The summed E-state index contributed by atoms with van der Waals surface area (Å²) in [5.41, 5.74) is 1.15. The minimum Gasteiger partial charge on any atom is -0.353 e. The molecule has 0 aliphatic carbocycles. The van der Waals surface area contributed by atoms with Crippen molar-refractivity contribution in [3.05, 3.63) is 23.9 Å². The lowest BCUT2D eigenvalue weighted by molar-refractivity contribution is -0.131. The molecule has 2 saturated heterocycles. The van der Waals surface area contributed by atoms with Crippen LogP contribution in [0.1, 0.15) is 18.4 Å². The quantitative estimate of drug-likeness (QED) is 0.743. The van der Waals surface area contributed by atoms with Gasteiger partial charge in [-0.1, -0.05) is 6.07 Å². The Bertz CT molecular complexity index is 745. The van der Waals surface area contributed by atoms with Gasteiger partial charge in [0.15, 0.2) is 9.84 Å². The third kappa shape index (κ3) is 4.54. The molecule has 2 fully saturated rings. The van der Waals surface area contributed by atoms with Crippen LogP contribution in [0.15, 0.2) is 18.3 Å². The first-order valence-corrected chi connectivity index (χ1v) is 11.0. The number of hydrogen-bond acceptors (Lipinski definition) is 6. The zero-order valence-electron chi connectivity index (χ0n) is 15.6. The van der Waals surface area contributed by atoms with E-state index in [1.807, 2.05) is 22.9 Å². The number of rotatable bonds is 5. The van der Waals surface area contributed by atoms with Crippen LogP contribution in [0.3, 0.4) is 0 Å². The Morgan fingerprint density at radius 1 is 1.31 bits per heavy atom. The standard InChI is InChI=1S/C18H28N4O3S/c1-15-4-3-7-19-18(15)22-11-9-21(10-12-22)17(23)5-8-20(2)16-6-13-26(24,25)14-16/h3-4,7,16H,5-6,8-14H2,1-2H3/t16-/m1/s1. The molecule has 2 aliphatic rings. The van der Waals surface area contributed by atoms with Crippen LogP contribution in [0.4, 0.5) is 5.82 Å². The molecule has 0 unspecified atom stereocenters. The Kier molecular flexibility index (Phi) is 5.82. The third-order valence-electron chi connectivity index (χ3n) is 5.42. The van der Waals surface area contributed by atoms with E-state index >= 15 is 0 Å². The van der Waals surface area contributed by atoms with Gasteiger partial charge in [0, 0.05) is 51.4 Å². The summed E-state index contributed by atoms with van der Waals surface area (Å²) in [7, 11) is -0.967. The highest BCUT2D eigenvalue weighted by Crippen LogP contribution is 2.19. The molecule has 3 rings (SSSR count). The van der Waals surface area contributed by atoms with Crippen molar-refractivity contribution >= 4 is 21.6 Å². The van der Waals surface area contributed by atoms with E-state index in [9.17, 15) is 13.2 Å². The highest BCUT2D eigenvalue weighted by Gasteiger charge is 2.31. The Labute approximate surface area is 155 Å². The van der Waals surface area contributed by atoms with Gasteiger partial charge < -0.3 is 14.7 Å². The molecule has 26 heavy (non-hydrogen) atoms. The van der Waals surface area contributed by atoms with Crippen LogP contribution in [0.5, 0.6) is 0 Å². The van der Waals surface area contributed by atoms with Gasteiger partial charge in [-0.3, -0.25) is 4.79 Å². The first kappa shape index (κ1) is 19.1. The van der Waals surface area contributed by atoms with Gasteiger partial charge in [0.2, 0.25) is 5.91 Å². The predicted octanol–water partition coefficient (Wildman–Crippen LogP) is 0.548. The van der Waals surface area contributed by atoms with E-state index in [4.69, 9.17) is 0 Å². The molecule has 1 aromatic heterocycles. The minimum absolute atomic E-state index is 0.0526. The second-order valence-corrected chi connectivity index (χ2v) is 9.53. The molecule has 0 radical (unpaired) electrons. The summed E-state index contributed by atoms with van der Waals surface area (Å²) in [6, 6.07) is 4.04. The maximum atomic E-state index is 12.5. The monoisotopic (exact) mass is 380 g/mol. The fourth-order valence-corrected chi connectivity index (χ4v) is 5.52. The molecule has 0 spiro atoms. The van der Waals surface area contributed by atoms with Crippen LogP contribution in [-0.4, -0.2) is 86.4 Å². The summed E-state index contributed by atoms with van der Waals surface area (Å²) in [6.07, 6.45) is 2.92. The second-order valence-electron chi connectivity index (χ2n) is 7.30. The van der Waals surface area contributed by atoms with Crippen LogP contribution in [-0.2, 0) is 14.6 Å². The molecule has 1 aromatic rings. The number of aromatic nitrogens is 1. The zero-order chi connectivity index (χ0) is 18.7. The van der Waals surface area contributed by atoms with E-state index in [1.165, 1.54) is 0 Å². The van der Waals surface area contributed by atoms with Crippen molar-refractivity contribution in [1.29, 1.82) is 0 Å². The fraction of sp³-hybridized carbons (Fsp3) is 0.667. The number of piperazine rings is 1. The van der Waals surface area contributed by atoms with Gasteiger partial charge in [0.05, 0.1) is 11.5 Å². The molecule has 0 N–H and O–H groups in total. The van der Waals surface area contributed by atoms with Crippen molar-refractivity contribution in [2.45, 2.75) is 25.8 Å². The SMILES string of the molecule is Cc1cccnc1N1CCN(C(=O)CCN(C)[C@@H]2CCS(=O)(=O)C2)CC1. The molecule has 0 bridgehead atoms. The molecule has 7 nitrogen and oxygen atoms in total. The Morgan fingerprint density at radius 3 is 2.65 bits per heavy atom. The molecule has 3 heterocycles. The molecule has 0 saturated carbocycles. The van der Waals surface area contributed by atoms with Crippen LogP contribution >= 0.6 is 0 Å². The van der Waals surface area contributed by atoms with E-state index in [2.05, 4.69) is 22.9 Å². The van der Waals surface area contributed by atoms with Crippen molar-refractivity contribution in [1.82, 2.24) is 14.8 Å². The first-order valence-electron chi connectivity index (χ1n) is 9.21. The first-order chi connectivity index (χ1) is 12.4. The number of nitrogens with zero attached hydrogens (tertiary/aromatic N) is 4. The Morgan fingerprint density at radius 2 is 2.04 bits per heavy atom. The van der Waals surface area contributed by atoms with E-state index in [0.29, 0.717) is 32.5 Å². The summed E-state index contributed by atoms with van der Waals surface area (Å²) >= 11 is 0. The normalized spacial score (nSPS) is 22.8. The molecular weight excluding hydrogens is 352 g/mol. The molecule has 2 aliphatic heterocycles. The smallest absolute Gasteiger partial charge is 0.223 e. The summed E-state index contributed by atoms with van der Waals surface area (Å²) in [5, 5.41) is 0. The van der Waals surface area contributed by atoms with E-state index in [-0.39, 0.29) is 23.5 Å². The fourth-order valence-electron chi connectivity index (χ4n) is 3.71. The second kappa shape index (κ2) is 7.92. The molecule has 1 atom stereocenters. The molecular formula is C18H28N4O3S. The molecule has 144 valence electrons. The molecule has 1 amide bonds. The van der Waals surface area contributed by atoms with Gasteiger partial charge in [-0.05, 0) is 32.0 Å². The van der Waals surface area contributed by atoms with Crippen molar-refractivity contribution in [3.8, 4) is 0 Å². The van der Waals surface area contributed by atoms with Gasteiger partial charge in [-0.2, -0.15) is 0 Å². The molecule has 0 aromatic carbocycles. The average Bonchev–Trinajstić information content (AvgIpc) is 3.00. The van der Waals surface area contributed by atoms with Crippen molar-refractivity contribution in [3.63, 3.8) is 0 Å². The van der Waals surface area contributed by atoms with Gasteiger partial charge in [0.25, 0.3) is 0 Å². The number of carbonyl (C=O) groups is 1. The number of pyridine rings is 1. The van der Waals surface area contributed by atoms with Crippen molar-refractivity contribution < 1.29 is 13.2 Å². The maximum absolute atomic E-state index is 12.5. The van der Waals surface area contributed by atoms with E-state index in [1.54, 1.807) is 6.20 Å². The van der Waals surface area contributed by atoms with E-state index < -0.39 is 9.84 Å². The number of anilines is 1. The summed E-state index contributed by atoms with van der Waals surface area (Å²) in [4.78, 5) is 23.1. The van der Waals surface area contributed by atoms with Crippen LogP contribution in [0.2, 0.25) is 0 Å². The van der Waals surface area contributed by atoms with Gasteiger partial charge in [0.1, 0.15) is 5.82 Å². The largest absolute Gasteiger partial charge is 0.353 e. The number of carbonyl (C=O) groups excluding carboxylic acids is 1. The minimum atomic E-state index is -2.88. The van der Waals surface area contributed by atoms with Crippen molar-refractivity contribution in [2.24, 2.45) is 0 Å². The maximum Gasteiger partial charge on any atom is 0.223 e. The van der Waals surface area contributed by atoms with Crippen LogP contribution < -0.4 is 4.90 Å². The Balaban J connectivity index is 1.45. The molecule has 8 heteroatoms. The van der Waals surface area contributed by atoms with E-state index in [0.717, 1.165) is 24.5 Å². The number of sulfone groups is 1. The van der Waals surface area contributed by atoms with Crippen LogP contribution in [0.25, 0.3) is 0 Å². The van der Waals surface area contributed by atoms with Crippen molar-refractivity contribution in [2.75, 3.05) is 56.2 Å². The lowest BCUT2D eigenvalue weighted by atomic mass is 10.2. The van der Waals surface area contributed by atoms with Gasteiger partial charge in [-0.15, -0.1) is 0 Å². The third-order valence-corrected chi connectivity index (χ3v) is 7.17. The summed E-state index contributed by atoms with van der Waals surface area (Å²) < 4.78 is 23.2.